The van der Waals surface area contributed by atoms with Crippen LogP contribution in [0.25, 0.3) is 10.2 Å². The molecule has 1 aliphatic rings. The molecule has 20 heavy (non-hydrogen) atoms. The standard InChI is InChI=1S/C16H22N2OS/c1-2-12(19)11-18-10-6-5-8-14(18)16-17-13-7-3-4-9-15(13)20-16/h3-4,7,9,12,14,19H,2,5-6,8,10-11H2,1H3/t12-,14?/m1/s1. The van der Waals surface area contributed by atoms with Crippen LogP contribution in [0.4, 0.5) is 0 Å². The van der Waals surface area contributed by atoms with Crippen molar-refractivity contribution in [2.75, 3.05) is 13.1 Å². The molecule has 3 rings (SSSR count). The Morgan fingerprint density at radius 2 is 2.25 bits per heavy atom. The van der Waals surface area contributed by atoms with Gasteiger partial charge < -0.3 is 5.11 Å². The van der Waals surface area contributed by atoms with Gasteiger partial charge in [0.15, 0.2) is 0 Å². The number of hydrogen-bond donors (Lipinski definition) is 1. The van der Waals surface area contributed by atoms with Gasteiger partial charge in [0.25, 0.3) is 0 Å². The molecule has 1 aromatic heterocycles. The minimum atomic E-state index is -0.218. The Labute approximate surface area is 124 Å². The molecule has 0 aliphatic carbocycles. The number of aliphatic hydroxyl groups excluding tert-OH is 1. The van der Waals surface area contributed by atoms with Crippen molar-refractivity contribution in [3.05, 3.63) is 29.3 Å². The van der Waals surface area contributed by atoms with Crippen LogP contribution in [0.15, 0.2) is 24.3 Å². The number of para-hydroxylation sites is 1. The Bertz CT molecular complexity index is 535. The number of thiazole rings is 1. The van der Waals surface area contributed by atoms with Crippen LogP contribution in [0.3, 0.4) is 0 Å². The highest BCUT2D eigenvalue weighted by atomic mass is 32.1. The molecule has 0 amide bonds. The number of aliphatic hydroxyl groups is 1. The van der Waals surface area contributed by atoms with Gasteiger partial charge in [0.05, 0.1) is 22.4 Å². The Hall–Kier alpha value is -0.970. The average molecular weight is 290 g/mol. The van der Waals surface area contributed by atoms with Gasteiger partial charge in [-0.3, -0.25) is 4.90 Å². The van der Waals surface area contributed by atoms with Crippen LogP contribution in [0, 0.1) is 0 Å². The van der Waals surface area contributed by atoms with Crippen molar-refractivity contribution in [3.8, 4) is 0 Å². The van der Waals surface area contributed by atoms with E-state index in [0.717, 1.165) is 31.4 Å². The highest BCUT2D eigenvalue weighted by Gasteiger charge is 2.27. The summed E-state index contributed by atoms with van der Waals surface area (Å²) in [6.07, 6.45) is 4.26. The predicted molar refractivity (Wildman–Crippen MR) is 84.1 cm³/mol. The molecule has 1 saturated heterocycles. The topological polar surface area (TPSA) is 36.4 Å². The summed E-state index contributed by atoms with van der Waals surface area (Å²) in [7, 11) is 0. The van der Waals surface area contributed by atoms with Crippen LogP contribution in [-0.4, -0.2) is 34.2 Å². The molecular weight excluding hydrogens is 268 g/mol. The van der Waals surface area contributed by atoms with Gasteiger partial charge in [-0.1, -0.05) is 25.5 Å². The van der Waals surface area contributed by atoms with E-state index in [1.165, 1.54) is 22.5 Å². The summed E-state index contributed by atoms with van der Waals surface area (Å²) in [4.78, 5) is 7.24. The molecule has 0 radical (unpaired) electrons. The van der Waals surface area contributed by atoms with E-state index in [4.69, 9.17) is 4.98 Å². The SMILES string of the molecule is CC[C@@H](O)CN1CCCCC1c1nc2ccccc2s1. The van der Waals surface area contributed by atoms with Gasteiger partial charge in [-0.25, -0.2) is 4.98 Å². The fourth-order valence-corrected chi connectivity index (χ4v) is 4.06. The third-order valence-electron chi connectivity index (χ3n) is 4.13. The number of fused-ring (bicyclic) bond motifs is 1. The monoisotopic (exact) mass is 290 g/mol. The molecule has 1 fully saturated rings. The zero-order valence-corrected chi connectivity index (χ0v) is 12.8. The first-order valence-corrected chi connectivity index (χ1v) is 8.37. The van der Waals surface area contributed by atoms with Crippen LogP contribution in [0.2, 0.25) is 0 Å². The number of hydrogen-bond acceptors (Lipinski definition) is 4. The van der Waals surface area contributed by atoms with E-state index in [2.05, 4.69) is 23.1 Å². The number of likely N-dealkylation sites (tertiary alicyclic amines) is 1. The summed E-state index contributed by atoms with van der Waals surface area (Å²) in [5, 5.41) is 11.2. The van der Waals surface area contributed by atoms with Crippen LogP contribution in [0.5, 0.6) is 0 Å². The fourth-order valence-electron chi connectivity index (χ4n) is 2.92. The lowest BCUT2D eigenvalue weighted by molar-refractivity contribution is 0.0651. The van der Waals surface area contributed by atoms with E-state index in [9.17, 15) is 5.11 Å². The summed E-state index contributed by atoms with van der Waals surface area (Å²) in [6.45, 7) is 3.90. The molecule has 1 aromatic carbocycles. The molecule has 108 valence electrons. The third-order valence-corrected chi connectivity index (χ3v) is 5.26. The van der Waals surface area contributed by atoms with Crippen molar-refractivity contribution in [2.45, 2.75) is 44.8 Å². The Balaban J connectivity index is 1.84. The number of rotatable bonds is 4. The van der Waals surface area contributed by atoms with Crippen molar-refractivity contribution in [2.24, 2.45) is 0 Å². The lowest BCUT2D eigenvalue weighted by Gasteiger charge is -2.35. The molecule has 1 unspecified atom stereocenters. The molecule has 2 heterocycles. The molecule has 1 aliphatic heterocycles. The second-order valence-corrected chi connectivity index (χ2v) is 6.65. The Morgan fingerprint density at radius 1 is 1.40 bits per heavy atom. The first-order chi connectivity index (χ1) is 9.78. The first-order valence-electron chi connectivity index (χ1n) is 7.55. The van der Waals surface area contributed by atoms with E-state index in [0.29, 0.717) is 6.04 Å². The van der Waals surface area contributed by atoms with Gasteiger partial charge >= 0.3 is 0 Å². The van der Waals surface area contributed by atoms with E-state index in [1.807, 2.05) is 24.3 Å². The van der Waals surface area contributed by atoms with Crippen molar-refractivity contribution in [1.82, 2.24) is 9.88 Å². The highest BCUT2D eigenvalue weighted by molar-refractivity contribution is 7.18. The maximum atomic E-state index is 9.96. The predicted octanol–water partition coefficient (Wildman–Crippen LogP) is 3.59. The Morgan fingerprint density at radius 3 is 3.05 bits per heavy atom. The molecule has 0 spiro atoms. The summed E-state index contributed by atoms with van der Waals surface area (Å²) < 4.78 is 1.27. The van der Waals surface area contributed by atoms with Gasteiger partial charge in [-0.05, 0) is 37.9 Å². The van der Waals surface area contributed by atoms with Crippen LogP contribution in [0.1, 0.15) is 43.7 Å². The molecule has 2 atom stereocenters. The van der Waals surface area contributed by atoms with Crippen molar-refractivity contribution in [3.63, 3.8) is 0 Å². The maximum absolute atomic E-state index is 9.96. The molecule has 0 saturated carbocycles. The number of nitrogens with zero attached hydrogens (tertiary/aromatic N) is 2. The summed E-state index contributed by atoms with van der Waals surface area (Å²) in [5.41, 5.74) is 1.11. The lowest BCUT2D eigenvalue weighted by atomic mass is 10.0. The van der Waals surface area contributed by atoms with Gasteiger partial charge in [0.1, 0.15) is 5.01 Å². The summed E-state index contributed by atoms with van der Waals surface area (Å²) in [6, 6.07) is 8.74. The number of piperidine rings is 1. The van der Waals surface area contributed by atoms with E-state index in [1.54, 1.807) is 0 Å². The molecule has 1 N–H and O–H groups in total. The van der Waals surface area contributed by atoms with Crippen molar-refractivity contribution < 1.29 is 5.11 Å². The summed E-state index contributed by atoms with van der Waals surface area (Å²) >= 11 is 1.81. The normalized spacial score (nSPS) is 22.2. The maximum Gasteiger partial charge on any atom is 0.111 e. The minimum Gasteiger partial charge on any atom is -0.392 e. The zero-order valence-electron chi connectivity index (χ0n) is 12.0. The first kappa shape index (κ1) is 14.0. The molecular formula is C16H22N2OS. The van der Waals surface area contributed by atoms with Crippen molar-refractivity contribution >= 4 is 21.6 Å². The second-order valence-electron chi connectivity index (χ2n) is 5.59. The third kappa shape index (κ3) is 2.87. The van der Waals surface area contributed by atoms with E-state index >= 15 is 0 Å². The molecule has 4 heteroatoms. The van der Waals surface area contributed by atoms with Crippen LogP contribution in [-0.2, 0) is 0 Å². The Kier molecular flexibility index (Phi) is 4.34. The van der Waals surface area contributed by atoms with Gasteiger partial charge in [0, 0.05) is 6.54 Å². The van der Waals surface area contributed by atoms with Gasteiger partial charge in [-0.2, -0.15) is 0 Å². The number of aromatic nitrogens is 1. The highest BCUT2D eigenvalue weighted by Crippen LogP contribution is 2.35. The summed E-state index contributed by atoms with van der Waals surface area (Å²) in [5.74, 6) is 0. The van der Waals surface area contributed by atoms with Crippen molar-refractivity contribution in [1.29, 1.82) is 0 Å². The number of β-amino-alcohol motifs (C(OH)–C–C–N with tert-alkyl or cyclic N) is 1. The van der Waals surface area contributed by atoms with E-state index in [-0.39, 0.29) is 6.10 Å². The second kappa shape index (κ2) is 6.20. The minimum absolute atomic E-state index is 0.218. The van der Waals surface area contributed by atoms with Gasteiger partial charge in [0.2, 0.25) is 0 Å². The van der Waals surface area contributed by atoms with E-state index < -0.39 is 0 Å². The van der Waals surface area contributed by atoms with Crippen LogP contribution < -0.4 is 0 Å². The zero-order chi connectivity index (χ0) is 13.9. The fraction of sp³-hybridized carbons (Fsp3) is 0.562. The molecule has 3 nitrogen and oxygen atoms in total. The number of benzene rings is 1. The van der Waals surface area contributed by atoms with Crippen LogP contribution >= 0.6 is 11.3 Å². The molecule has 2 aromatic rings. The quantitative estimate of drug-likeness (QED) is 0.934. The lowest BCUT2D eigenvalue weighted by Crippen LogP contribution is -2.38. The smallest absolute Gasteiger partial charge is 0.111 e. The molecule has 0 bridgehead atoms. The average Bonchev–Trinajstić information content (AvgIpc) is 2.91. The largest absolute Gasteiger partial charge is 0.392 e. The van der Waals surface area contributed by atoms with Gasteiger partial charge in [-0.15, -0.1) is 11.3 Å².